The number of anilines is 1. The van der Waals surface area contributed by atoms with Crippen LogP contribution < -0.4 is 5.73 Å². The molecule has 3 aromatic carbocycles. The standard InChI is InChI=1S/C18H13NS/c19-13-10-15(12-6-2-1-3-7-12)18-14-8-4-5-9-16(14)20-17(18)11-13/h1-11H,19H2. The topological polar surface area (TPSA) is 26.0 Å². The molecule has 1 aromatic heterocycles. The van der Waals surface area contributed by atoms with Crippen LogP contribution in [0.2, 0.25) is 0 Å². The molecule has 4 rings (SSSR count). The zero-order valence-electron chi connectivity index (χ0n) is 10.8. The molecular formula is C18H13NS. The van der Waals surface area contributed by atoms with Crippen molar-refractivity contribution in [3.8, 4) is 11.1 Å². The van der Waals surface area contributed by atoms with Crippen molar-refractivity contribution in [3.05, 3.63) is 66.7 Å². The second kappa shape index (κ2) is 4.36. The molecule has 20 heavy (non-hydrogen) atoms. The molecule has 0 spiro atoms. The van der Waals surface area contributed by atoms with Gasteiger partial charge in [-0.2, -0.15) is 0 Å². The molecule has 1 nitrogen and oxygen atoms in total. The van der Waals surface area contributed by atoms with Crippen LogP contribution in [-0.4, -0.2) is 0 Å². The van der Waals surface area contributed by atoms with Gasteiger partial charge in [0.1, 0.15) is 0 Å². The Bertz CT molecular complexity index is 907. The Morgan fingerprint density at radius 1 is 0.750 bits per heavy atom. The van der Waals surface area contributed by atoms with Crippen LogP contribution in [0.25, 0.3) is 31.3 Å². The molecule has 0 aliphatic heterocycles. The molecule has 0 saturated heterocycles. The Balaban J connectivity index is 2.19. The first-order chi connectivity index (χ1) is 9.83. The first-order valence-electron chi connectivity index (χ1n) is 6.59. The molecule has 2 N–H and O–H groups in total. The Morgan fingerprint density at radius 2 is 1.50 bits per heavy atom. The highest BCUT2D eigenvalue weighted by molar-refractivity contribution is 7.26. The number of nitrogen functional groups attached to an aromatic ring is 1. The normalized spacial score (nSPS) is 11.2. The van der Waals surface area contributed by atoms with Crippen molar-refractivity contribution < 1.29 is 0 Å². The smallest absolute Gasteiger partial charge is 0.0382 e. The molecule has 0 atom stereocenters. The maximum Gasteiger partial charge on any atom is 0.0382 e. The number of nitrogens with two attached hydrogens (primary N) is 1. The minimum absolute atomic E-state index is 0.822. The first-order valence-corrected chi connectivity index (χ1v) is 7.41. The van der Waals surface area contributed by atoms with Gasteiger partial charge in [-0.1, -0.05) is 48.5 Å². The molecule has 0 radical (unpaired) electrons. The van der Waals surface area contributed by atoms with Crippen LogP contribution in [0.4, 0.5) is 5.69 Å². The maximum atomic E-state index is 6.09. The van der Waals surface area contributed by atoms with E-state index in [2.05, 4.69) is 60.7 Å². The molecule has 0 bridgehead atoms. The van der Waals surface area contributed by atoms with Gasteiger partial charge in [0.25, 0.3) is 0 Å². The lowest BCUT2D eigenvalue weighted by Gasteiger charge is -2.06. The van der Waals surface area contributed by atoms with E-state index in [-0.39, 0.29) is 0 Å². The minimum atomic E-state index is 0.822. The summed E-state index contributed by atoms with van der Waals surface area (Å²) in [6, 6.07) is 23.2. The highest BCUT2D eigenvalue weighted by atomic mass is 32.1. The van der Waals surface area contributed by atoms with Gasteiger partial charge in [-0.25, -0.2) is 0 Å². The lowest BCUT2D eigenvalue weighted by atomic mass is 9.99. The zero-order chi connectivity index (χ0) is 13.5. The van der Waals surface area contributed by atoms with Crippen molar-refractivity contribution >= 4 is 37.2 Å². The van der Waals surface area contributed by atoms with E-state index < -0.39 is 0 Å². The van der Waals surface area contributed by atoms with Crippen molar-refractivity contribution in [2.45, 2.75) is 0 Å². The number of benzene rings is 3. The molecule has 0 aliphatic carbocycles. The maximum absolute atomic E-state index is 6.09. The third kappa shape index (κ3) is 1.69. The van der Waals surface area contributed by atoms with E-state index in [1.54, 1.807) is 11.3 Å². The van der Waals surface area contributed by atoms with Crippen LogP contribution in [0.5, 0.6) is 0 Å². The first kappa shape index (κ1) is 11.5. The molecule has 96 valence electrons. The van der Waals surface area contributed by atoms with Crippen molar-refractivity contribution in [1.82, 2.24) is 0 Å². The van der Waals surface area contributed by atoms with Gasteiger partial charge in [-0.05, 0) is 29.3 Å². The van der Waals surface area contributed by atoms with E-state index >= 15 is 0 Å². The van der Waals surface area contributed by atoms with E-state index in [1.165, 1.54) is 31.3 Å². The highest BCUT2D eigenvalue weighted by Gasteiger charge is 2.11. The fourth-order valence-electron chi connectivity index (χ4n) is 2.72. The number of hydrogen-bond donors (Lipinski definition) is 1. The fraction of sp³-hybridized carbons (Fsp3) is 0. The van der Waals surface area contributed by atoms with Crippen molar-refractivity contribution in [2.24, 2.45) is 0 Å². The molecular weight excluding hydrogens is 262 g/mol. The molecule has 0 amide bonds. The Kier molecular flexibility index (Phi) is 2.51. The van der Waals surface area contributed by atoms with Gasteiger partial charge in [0.2, 0.25) is 0 Å². The molecule has 1 heterocycles. The quantitative estimate of drug-likeness (QED) is 0.468. The third-order valence-electron chi connectivity index (χ3n) is 3.59. The second-order valence-electron chi connectivity index (χ2n) is 4.91. The van der Waals surface area contributed by atoms with Crippen LogP contribution in [0.1, 0.15) is 0 Å². The number of rotatable bonds is 1. The van der Waals surface area contributed by atoms with Crippen LogP contribution in [0.15, 0.2) is 66.7 Å². The van der Waals surface area contributed by atoms with Crippen molar-refractivity contribution in [2.75, 3.05) is 5.73 Å². The van der Waals surface area contributed by atoms with Gasteiger partial charge < -0.3 is 5.73 Å². The van der Waals surface area contributed by atoms with E-state index in [0.717, 1.165) is 5.69 Å². The van der Waals surface area contributed by atoms with Crippen LogP contribution >= 0.6 is 11.3 Å². The Hall–Kier alpha value is -2.32. The Morgan fingerprint density at radius 3 is 2.35 bits per heavy atom. The summed E-state index contributed by atoms with van der Waals surface area (Å²) >= 11 is 1.80. The second-order valence-corrected chi connectivity index (χ2v) is 5.99. The predicted molar refractivity (Wildman–Crippen MR) is 89.2 cm³/mol. The summed E-state index contributed by atoms with van der Waals surface area (Å²) in [6.07, 6.45) is 0. The average molecular weight is 275 g/mol. The summed E-state index contributed by atoms with van der Waals surface area (Å²) in [4.78, 5) is 0. The van der Waals surface area contributed by atoms with Gasteiger partial charge >= 0.3 is 0 Å². The highest BCUT2D eigenvalue weighted by Crippen LogP contribution is 2.41. The largest absolute Gasteiger partial charge is 0.399 e. The summed E-state index contributed by atoms with van der Waals surface area (Å²) < 4.78 is 2.57. The van der Waals surface area contributed by atoms with Crippen molar-refractivity contribution in [1.29, 1.82) is 0 Å². The molecule has 0 fully saturated rings. The molecule has 0 aliphatic rings. The fourth-order valence-corrected chi connectivity index (χ4v) is 3.90. The van der Waals surface area contributed by atoms with Gasteiger partial charge in [-0.15, -0.1) is 11.3 Å². The molecule has 4 aromatic rings. The lowest BCUT2D eigenvalue weighted by Crippen LogP contribution is -1.86. The minimum Gasteiger partial charge on any atom is -0.399 e. The molecule has 0 saturated carbocycles. The predicted octanol–water partition coefficient (Wildman–Crippen LogP) is 5.30. The lowest BCUT2D eigenvalue weighted by molar-refractivity contribution is 1.66. The molecule has 0 unspecified atom stereocenters. The summed E-state index contributed by atoms with van der Waals surface area (Å²) in [5.41, 5.74) is 9.35. The SMILES string of the molecule is Nc1cc(-c2ccccc2)c2c(c1)sc1ccccc12. The number of thiophene rings is 1. The summed E-state index contributed by atoms with van der Waals surface area (Å²) in [5, 5.41) is 2.62. The van der Waals surface area contributed by atoms with Gasteiger partial charge in [0, 0.05) is 25.9 Å². The summed E-state index contributed by atoms with van der Waals surface area (Å²) in [6.45, 7) is 0. The number of hydrogen-bond acceptors (Lipinski definition) is 2. The van der Waals surface area contributed by atoms with Gasteiger partial charge in [0.15, 0.2) is 0 Å². The van der Waals surface area contributed by atoms with Gasteiger partial charge in [-0.3, -0.25) is 0 Å². The van der Waals surface area contributed by atoms with E-state index in [1.807, 2.05) is 6.07 Å². The Labute approximate surface area is 121 Å². The monoisotopic (exact) mass is 275 g/mol. The van der Waals surface area contributed by atoms with Crippen molar-refractivity contribution in [3.63, 3.8) is 0 Å². The van der Waals surface area contributed by atoms with Gasteiger partial charge in [0.05, 0.1) is 0 Å². The summed E-state index contributed by atoms with van der Waals surface area (Å²) in [7, 11) is 0. The van der Waals surface area contributed by atoms with E-state index in [0.29, 0.717) is 0 Å². The summed E-state index contributed by atoms with van der Waals surface area (Å²) in [5.74, 6) is 0. The number of fused-ring (bicyclic) bond motifs is 3. The van der Waals surface area contributed by atoms with Crippen LogP contribution in [-0.2, 0) is 0 Å². The molecule has 2 heteroatoms. The third-order valence-corrected chi connectivity index (χ3v) is 4.70. The van der Waals surface area contributed by atoms with Crippen LogP contribution in [0.3, 0.4) is 0 Å². The van der Waals surface area contributed by atoms with E-state index in [4.69, 9.17) is 5.73 Å². The average Bonchev–Trinajstić information content (AvgIpc) is 2.85. The van der Waals surface area contributed by atoms with E-state index in [9.17, 15) is 0 Å². The zero-order valence-corrected chi connectivity index (χ0v) is 11.7. The van der Waals surface area contributed by atoms with Crippen LogP contribution in [0, 0.1) is 0 Å².